The van der Waals surface area contributed by atoms with Crippen molar-refractivity contribution in [1.82, 2.24) is 25.5 Å². The Morgan fingerprint density at radius 3 is 2.87 bits per heavy atom. The van der Waals surface area contributed by atoms with Crippen LogP contribution in [0.25, 0.3) is 0 Å². The van der Waals surface area contributed by atoms with Gasteiger partial charge < -0.3 is 5.32 Å². The van der Waals surface area contributed by atoms with Crippen molar-refractivity contribution in [2.75, 3.05) is 0 Å². The first-order chi connectivity index (χ1) is 11.2. The molecule has 0 atom stereocenters. The van der Waals surface area contributed by atoms with E-state index >= 15 is 0 Å². The summed E-state index contributed by atoms with van der Waals surface area (Å²) in [5.74, 6) is -0.661. The van der Waals surface area contributed by atoms with E-state index in [4.69, 9.17) is 11.6 Å². The van der Waals surface area contributed by atoms with Gasteiger partial charge in [0.15, 0.2) is 5.82 Å². The van der Waals surface area contributed by atoms with Gasteiger partial charge in [-0.15, -0.1) is 5.10 Å². The first kappa shape index (κ1) is 15.9. The molecule has 122 valence electrons. The fourth-order valence-electron chi connectivity index (χ4n) is 2.90. The lowest BCUT2D eigenvalue weighted by atomic mass is 9.95. The van der Waals surface area contributed by atoms with Crippen LogP contribution < -0.4 is 5.32 Å². The van der Waals surface area contributed by atoms with E-state index in [1.165, 1.54) is 24.6 Å². The number of carbonyl (C=O) groups is 1. The molecule has 6 nitrogen and oxygen atoms in total. The Labute approximate surface area is 138 Å². The number of rotatable bonds is 4. The van der Waals surface area contributed by atoms with Crippen LogP contribution in [0.1, 0.15) is 54.3 Å². The summed E-state index contributed by atoms with van der Waals surface area (Å²) in [6.07, 6.45) is 5.61. The van der Waals surface area contributed by atoms with Gasteiger partial charge in [0, 0.05) is 0 Å². The number of tetrazole rings is 1. The molecule has 0 saturated heterocycles. The van der Waals surface area contributed by atoms with E-state index in [9.17, 15) is 9.18 Å². The van der Waals surface area contributed by atoms with Crippen LogP contribution in [0.2, 0.25) is 5.02 Å². The Balaban J connectivity index is 1.69. The predicted molar refractivity (Wildman–Crippen MR) is 82.5 cm³/mol. The topological polar surface area (TPSA) is 72.7 Å². The summed E-state index contributed by atoms with van der Waals surface area (Å²) in [6, 6.07) is 4.40. The number of hydrogen-bond acceptors (Lipinski definition) is 4. The van der Waals surface area contributed by atoms with E-state index in [0.717, 1.165) is 25.7 Å². The van der Waals surface area contributed by atoms with Crippen LogP contribution >= 0.6 is 11.6 Å². The molecular formula is C15H17ClFN5O. The minimum Gasteiger partial charge on any atom is -0.345 e. The zero-order valence-electron chi connectivity index (χ0n) is 12.5. The van der Waals surface area contributed by atoms with E-state index in [1.54, 1.807) is 4.68 Å². The van der Waals surface area contributed by atoms with Crippen molar-refractivity contribution in [3.05, 3.63) is 40.4 Å². The molecule has 1 aromatic carbocycles. The number of aromatic nitrogens is 4. The molecule has 1 fully saturated rings. The molecule has 1 saturated carbocycles. The van der Waals surface area contributed by atoms with Crippen LogP contribution in [0.3, 0.4) is 0 Å². The van der Waals surface area contributed by atoms with Gasteiger partial charge in [-0.25, -0.2) is 9.07 Å². The number of hydrogen-bond donors (Lipinski definition) is 1. The number of amides is 1. The normalized spacial score (nSPS) is 15.6. The average molecular weight is 338 g/mol. The largest absolute Gasteiger partial charge is 0.345 e. The standard InChI is InChI=1S/C15H17ClFN5O/c16-11-7-4-8-12(17)14(11)15(23)18-9-13-19-20-21-22(13)10-5-2-1-3-6-10/h4,7-8,10H,1-3,5-6,9H2,(H,18,23). The van der Waals surface area contributed by atoms with Crippen LogP contribution in [0.5, 0.6) is 0 Å². The van der Waals surface area contributed by atoms with Crippen molar-refractivity contribution in [2.45, 2.75) is 44.7 Å². The van der Waals surface area contributed by atoms with Gasteiger partial charge in [-0.2, -0.15) is 0 Å². The van der Waals surface area contributed by atoms with Crippen LogP contribution in [0.15, 0.2) is 18.2 Å². The first-order valence-electron chi connectivity index (χ1n) is 7.66. The highest BCUT2D eigenvalue weighted by Gasteiger charge is 2.21. The second-order valence-corrected chi connectivity index (χ2v) is 6.02. The molecular weight excluding hydrogens is 321 g/mol. The summed E-state index contributed by atoms with van der Waals surface area (Å²) in [6.45, 7) is 0.132. The summed E-state index contributed by atoms with van der Waals surface area (Å²) < 4.78 is 15.5. The van der Waals surface area contributed by atoms with Crippen molar-refractivity contribution < 1.29 is 9.18 Å². The molecule has 2 aromatic rings. The number of halogens is 2. The molecule has 0 radical (unpaired) electrons. The predicted octanol–water partition coefficient (Wildman–Crippen LogP) is 2.90. The van der Waals surface area contributed by atoms with Crippen molar-refractivity contribution in [3.63, 3.8) is 0 Å². The van der Waals surface area contributed by atoms with Crippen LogP contribution in [0.4, 0.5) is 4.39 Å². The summed E-state index contributed by atoms with van der Waals surface area (Å²) >= 11 is 5.89. The molecule has 1 N–H and O–H groups in total. The molecule has 1 aliphatic carbocycles. The summed E-state index contributed by atoms with van der Waals surface area (Å²) in [5, 5.41) is 14.4. The van der Waals surface area contributed by atoms with Crippen molar-refractivity contribution in [3.8, 4) is 0 Å². The van der Waals surface area contributed by atoms with E-state index in [1.807, 2.05) is 0 Å². The molecule has 1 amide bonds. The summed E-state index contributed by atoms with van der Waals surface area (Å²) in [5.41, 5.74) is -0.161. The maximum absolute atomic E-state index is 13.7. The zero-order chi connectivity index (χ0) is 16.2. The average Bonchev–Trinajstić information content (AvgIpc) is 3.02. The third kappa shape index (κ3) is 3.50. The van der Waals surface area contributed by atoms with Gasteiger partial charge in [0.05, 0.1) is 23.2 Å². The van der Waals surface area contributed by atoms with Gasteiger partial charge in [-0.1, -0.05) is 36.9 Å². The van der Waals surface area contributed by atoms with E-state index in [-0.39, 0.29) is 23.2 Å². The minimum atomic E-state index is -0.651. The smallest absolute Gasteiger partial charge is 0.256 e. The molecule has 0 bridgehead atoms. The molecule has 0 aliphatic heterocycles. The lowest BCUT2D eigenvalue weighted by Gasteiger charge is -2.22. The van der Waals surface area contributed by atoms with Gasteiger partial charge in [0.25, 0.3) is 5.91 Å². The van der Waals surface area contributed by atoms with Gasteiger partial charge in [0.1, 0.15) is 5.82 Å². The Morgan fingerprint density at radius 1 is 1.35 bits per heavy atom. The molecule has 8 heteroatoms. The molecule has 1 heterocycles. The zero-order valence-corrected chi connectivity index (χ0v) is 13.3. The summed E-state index contributed by atoms with van der Waals surface area (Å²) in [7, 11) is 0. The SMILES string of the molecule is O=C(NCc1nnnn1C1CCCCC1)c1c(F)cccc1Cl. The fraction of sp³-hybridized carbons (Fsp3) is 0.467. The molecule has 3 rings (SSSR count). The maximum atomic E-state index is 13.7. The Hall–Kier alpha value is -2.02. The number of benzene rings is 1. The molecule has 0 spiro atoms. The highest BCUT2D eigenvalue weighted by atomic mass is 35.5. The molecule has 1 aromatic heterocycles. The van der Waals surface area contributed by atoms with E-state index in [2.05, 4.69) is 20.8 Å². The third-order valence-electron chi connectivity index (χ3n) is 4.08. The lowest BCUT2D eigenvalue weighted by molar-refractivity contribution is 0.0945. The number of nitrogens with one attached hydrogen (secondary N) is 1. The number of carbonyl (C=O) groups excluding carboxylic acids is 1. The second kappa shape index (κ2) is 7.04. The van der Waals surface area contributed by atoms with Crippen molar-refractivity contribution >= 4 is 17.5 Å². The third-order valence-corrected chi connectivity index (χ3v) is 4.39. The Kier molecular flexibility index (Phi) is 4.85. The Bertz CT molecular complexity index is 679. The van der Waals surface area contributed by atoms with Gasteiger partial charge >= 0.3 is 0 Å². The van der Waals surface area contributed by atoms with Crippen LogP contribution in [0, 0.1) is 5.82 Å². The molecule has 23 heavy (non-hydrogen) atoms. The monoisotopic (exact) mass is 337 g/mol. The second-order valence-electron chi connectivity index (χ2n) is 5.61. The van der Waals surface area contributed by atoms with E-state index in [0.29, 0.717) is 5.82 Å². The van der Waals surface area contributed by atoms with Crippen molar-refractivity contribution in [1.29, 1.82) is 0 Å². The van der Waals surface area contributed by atoms with Gasteiger partial charge in [0.2, 0.25) is 0 Å². The Morgan fingerprint density at radius 2 is 2.13 bits per heavy atom. The highest BCUT2D eigenvalue weighted by molar-refractivity contribution is 6.33. The molecule has 1 aliphatic rings. The molecule has 0 unspecified atom stereocenters. The van der Waals surface area contributed by atoms with Gasteiger partial charge in [-0.05, 0) is 35.4 Å². The van der Waals surface area contributed by atoms with Crippen LogP contribution in [-0.2, 0) is 6.54 Å². The summed E-state index contributed by atoms with van der Waals surface area (Å²) in [4.78, 5) is 12.2. The quantitative estimate of drug-likeness (QED) is 0.931. The number of nitrogens with zero attached hydrogens (tertiary/aromatic N) is 4. The van der Waals surface area contributed by atoms with Gasteiger partial charge in [-0.3, -0.25) is 4.79 Å². The highest BCUT2D eigenvalue weighted by Crippen LogP contribution is 2.27. The van der Waals surface area contributed by atoms with Crippen molar-refractivity contribution in [2.24, 2.45) is 0 Å². The fourth-order valence-corrected chi connectivity index (χ4v) is 3.15. The van der Waals surface area contributed by atoms with E-state index < -0.39 is 11.7 Å². The lowest BCUT2D eigenvalue weighted by Crippen LogP contribution is -2.27. The maximum Gasteiger partial charge on any atom is 0.256 e. The minimum absolute atomic E-state index is 0.0781. The van der Waals surface area contributed by atoms with Crippen LogP contribution in [-0.4, -0.2) is 26.1 Å². The first-order valence-corrected chi connectivity index (χ1v) is 8.03.